The smallest absolute Gasteiger partial charge is 0.254 e. The maximum absolute atomic E-state index is 13.8. The van der Waals surface area contributed by atoms with Crippen LogP contribution in [0.15, 0.2) is 36.4 Å². The molecule has 1 aliphatic heterocycles. The van der Waals surface area contributed by atoms with Gasteiger partial charge in [-0.1, -0.05) is 29.3 Å². The van der Waals surface area contributed by atoms with Crippen LogP contribution in [0.3, 0.4) is 0 Å². The first kappa shape index (κ1) is 21.0. The lowest BCUT2D eigenvalue weighted by Crippen LogP contribution is -2.44. The number of benzene rings is 2. The summed E-state index contributed by atoms with van der Waals surface area (Å²) >= 11 is 12.1. The van der Waals surface area contributed by atoms with Crippen molar-refractivity contribution in [2.24, 2.45) is 0 Å². The van der Waals surface area contributed by atoms with E-state index in [9.17, 15) is 9.18 Å². The normalized spacial score (nSPS) is 14.8. The van der Waals surface area contributed by atoms with Crippen LogP contribution in [-0.2, 0) is 0 Å². The van der Waals surface area contributed by atoms with E-state index in [1.54, 1.807) is 24.3 Å². The molecule has 1 saturated heterocycles. The van der Waals surface area contributed by atoms with Gasteiger partial charge < -0.3 is 10.2 Å². The Hall–Kier alpha value is -1.33. The predicted octanol–water partition coefficient (Wildman–Crippen LogP) is 5.05. The highest BCUT2D eigenvalue weighted by Crippen LogP contribution is 2.32. The highest BCUT2D eigenvalue weighted by molar-refractivity contribution is 6.42. The van der Waals surface area contributed by atoms with Crippen LogP contribution in [0.5, 0.6) is 0 Å². The molecule has 1 N–H and O–H groups in total. The maximum Gasteiger partial charge on any atom is 0.254 e. The Bertz CT molecular complexity index is 792. The van der Waals surface area contributed by atoms with Crippen LogP contribution in [-0.4, -0.2) is 37.0 Å². The van der Waals surface area contributed by atoms with Crippen LogP contribution < -0.4 is 5.32 Å². The topological polar surface area (TPSA) is 32.3 Å². The molecule has 2 aromatic carbocycles. The minimum absolute atomic E-state index is 0. The number of hydrogen-bond acceptors (Lipinski definition) is 2. The second-order valence-corrected chi connectivity index (χ2v) is 6.99. The first-order valence-corrected chi connectivity index (χ1v) is 8.96. The highest BCUT2D eigenvalue weighted by atomic mass is 35.5. The number of nitrogens with one attached hydrogen (secondary N) is 1. The zero-order chi connectivity index (χ0) is 18.0. The van der Waals surface area contributed by atoms with E-state index >= 15 is 0 Å². The van der Waals surface area contributed by atoms with Gasteiger partial charge in [-0.15, -0.1) is 12.4 Å². The van der Waals surface area contributed by atoms with Gasteiger partial charge in [0.2, 0.25) is 0 Å². The van der Waals surface area contributed by atoms with Crippen molar-refractivity contribution in [2.45, 2.75) is 18.9 Å². The van der Waals surface area contributed by atoms with E-state index < -0.39 is 5.82 Å². The van der Waals surface area contributed by atoms with E-state index in [0.29, 0.717) is 45.9 Å². The lowest BCUT2D eigenvalue weighted by atomic mass is 9.97. The Morgan fingerprint density at radius 1 is 1.12 bits per heavy atom. The lowest BCUT2D eigenvalue weighted by molar-refractivity contribution is 0.0708. The van der Waals surface area contributed by atoms with Crippen molar-refractivity contribution in [2.75, 3.05) is 20.1 Å². The Balaban J connectivity index is 0.00000243. The molecule has 0 spiro atoms. The van der Waals surface area contributed by atoms with Crippen LogP contribution in [0.4, 0.5) is 4.39 Å². The Kier molecular flexibility index (Phi) is 7.30. The Morgan fingerprint density at radius 2 is 1.81 bits per heavy atom. The molecule has 140 valence electrons. The van der Waals surface area contributed by atoms with Crippen molar-refractivity contribution in [3.8, 4) is 11.1 Å². The molecule has 3 rings (SSSR count). The molecular weight excluding hydrogens is 398 g/mol. The van der Waals surface area contributed by atoms with Gasteiger partial charge >= 0.3 is 0 Å². The molecule has 1 fully saturated rings. The molecule has 7 heteroatoms. The molecule has 0 radical (unpaired) electrons. The predicted molar refractivity (Wildman–Crippen MR) is 107 cm³/mol. The number of amides is 1. The van der Waals surface area contributed by atoms with Crippen molar-refractivity contribution in [1.29, 1.82) is 0 Å². The minimum atomic E-state index is -0.397. The van der Waals surface area contributed by atoms with Gasteiger partial charge in [-0.2, -0.15) is 0 Å². The summed E-state index contributed by atoms with van der Waals surface area (Å²) in [7, 11) is 1.94. The number of likely N-dealkylation sites (tertiary alicyclic amines) is 1. The standard InChI is InChI=1S/C19H19Cl2FN2O.ClH/c1-23-14-6-8-24(9-7-14)19(25)15-4-3-13(22)11-16(15)12-2-5-17(20)18(21)10-12;/h2-5,10-11,14,23H,6-9H2,1H3;1H. The van der Waals surface area contributed by atoms with Crippen LogP contribution in [0.1, 0.15) is 23.2 Å². The summed E-state index contributed by atoms with van der Waals surface area (Å²) in [5.74, 6) is -0.484. The number of halogens is 4. The molecular formula is C19H20Cl3FN2O. The number of rotatable bonds is 3. The van der Waals surface area contributed by atoms with Gasteiger partial charge in [0.1, 0.15) is 5.82 Å². The van der Waals surface area contributed by atoms with E-state index in [2.05, 4.69) is 5.32 Å². The lowest BCUT2D eigenvalue weighted by Gasteiger charge is -2.32. The van der Waals surface area contributed by atoms with Crippen LogP contribution in [0.25, 0.3) is 11.1 Å². The van der Waals surface area contributed by atoms with Gasteiger partial charge in [0.15, 0.2) is 0 Å². The monoisotopic (exact) mass is 416 g/mol. The van der Waals surface area contributed by atoms with Crippen LogP contribution >= 0.6 is 35.6 Å². The summed E-state index contributed by atoms with van der Waals surface area (Å²) in [6, 6.07) is 9.71. The molecule has 1 heterocycles. The van der Waals surface area contributed by atoms with E-state index in [1.165, 1.54) is 12.1 Å². The third-order valence-electron chi connectivity index (χ3n) is 4.63. The van der Waals surface area contributed by atoms with Gasteiger partial charge in [0.05, 0.1) is 10.0 Å². The average molecular weight is 418 g/mol. The fraction of sp³-hybridized carbons (Fsp3) is 0.316. The van der Waals surface area contributed by atoms with Gasteiger partial charge in [-0.25, -0.2) is 4.39 Å². The van der Waals surface area contributed by atoms with E-state index in [-0.39, 0.29) is 18.3 Å². The zero-order valence-corrected chi connectivity index (χ0v) is 16.6. The summed E-state index contributed by atoms with van der Waals surface area (Å²) < 4.78 is 13.8. The van der Waals surface area contributed by atoms with Gasteiger partial charge in [0.25, 0.3) is 5.91 Å². The third kappa shape index (κ3) is 4.49. The number of carbonyl (C=O) groups excluding carboxylic acids is 1. The fourth-order valence-corrected chi connectivity index (χ4v) is 3.45. The van der Waals surface area contributed by atoms with Crippen molar-refractivity contribution < 1.29 is 9.18 Å². The van der Waals surface area contributed by atoms with E-state index in [4.69, 9.17) is 23.2 Å². The van der Waals surface area contributed by atoms with Gasteiger partial charge in [-0.05, 0) is 61.3 Å². The van der Waals surface area contributed by atoms with Crippen molar-refractivity contribution >= 4 is 41.5 Å². The summed E-state index contributed by atoms with van der Waals surface area (Å²) in [4.78, 5) is 14.8. The highest BCUT2D eigenvalue weighted by Gasteiger charge is 2.25. The largest absolute Gasteiger partial charge is 0.339 e. The molecule has 0 atom stereocenters. The van der Waals surface area contributed by atoms with E-state index in [0.717, 1.165) is 12.8 Å². The molecule has 0 saturated carbocycles. The summed E-state index contributed by atoms with van der Waals surface area (Å²) in [6.07, 6.45) is 1.82. The third-order valence-corrected chi connectivity index (χ3v) is 5.37. The van der Waals surface area contributed by atoms with Crippen LogP contribution in [0.2, 0.25) is 10.0 Å². The van der Waals surface area contributed by atoms with Gasteiger partial charge in [-0.3, -0.25) is 4.79 Å². The average Bonchev–Trinajstić information content (AvgIpc) is 2.63. The number of piperidine rings is 1. The van der Waals surface area contributed by atoms with Crippen LogP contribution in [0, 0.1) is 5.82 Å². The van der Waals surface area contributed by atoms with Crippen molar-refractivity contribution in [3.05, 3.63) is 57.8 Å². The first-order chi connectivity index (χ1) is 12.0. The second-order valence-electron chi connectivity index (χ2n) is 6.17. The molecule has 3 nitrogen and oxygen atoms in total. The number of carbonyl (C=O) groups is 1. The van der Waals surface area contributed by atoms with Gasteiger partial charge in [0, 0.05) is 24.7 Å². The molecule has 0 unspecified atom stereocenters. The van der Waals surface area contributed by atoms with Crippen molar-refractivity contribution in [3.63, 3.8) is 0 Å². The molecule has 0 aromatic heterocycles. The zero-order valence-electron chi connectivity index (χ0n) is 14.3. The summed E-state index contributed by atoms with van der Waals surface area (Å²) in [6.45, 7) is 1.37. The molecule has 0 bridgehead atoms. The minimum Gasteiger partial charge on any atom is -0.339 e. The number of hydrogen-bond donors (Lipinski definition) is 1. The SMILES string of the molecule is CNC1CCN(C(=O)c2ccc(F)cc2-c2ccc(Cl)c(Cl)c2)CC1.Cl. The molecule has 1 aliphatic rings. The second kappa shape index (κ2) is 9.05. The fourth-order valence-electron chi connectivity index (χ4n) is 3.15. The molecule has 0 aliphatic carbocycles. The Morgan fingerprint density at radius 3 is 2.42 bits per heavy atom. The maximum atomic E-state index is 13.8. The van der Waals surface area contributed by atoms with E-state index in [1.807, 2.05) is 11.9 Å². The number of nitrogens with zero attached hydrogens (tertiary/aromatic N) is 1. The molecule has 1 amide bonds. The first-order valence-electron chi connectivity index (χ1n) is 8.21. The quantitative estimate of drug-likeness (QED) is 0.758. The summed E-state index contributed by atoms with van der Waals surface area (Å²) in [5.41, 5.74) is 1.67. The Labute approximate surface area is 168 Å². The van der Waals surface area contributed by atoms with Crippen molar-refractivity contribution in [1.82, 2.24) is 10.2 Å². The summed E-state index contributed by atoms with van der Waals surface area (Å²) in [5, 5.41) is 4.04. The molecule has 26 heavy (non-hydrogen) atoms. The molecule has 2 aromatic rings.